The van der Waals surface area contributed by atoms with Crippen molar-refractivity contribution in [1.82, 2.24) is 10.0 Å². The van der Waals surface area contributed by atoms with Crippen molar-refractivity contribution in [3.63, 3.8) is 0 Å². The summed E-state index contributed by atoms with van der Waals surface area (Å²) in [6, 6.07) is 9.54. The van der Waals surface area contributed by atoms with Gasteiger partial charge in [0.2, 0.25) is 15.9 Å². The number of hydrogen-bond donors (Lipinski definition) is 2. The third-order valence-corrected chi connectivity index (χ3v) is 7.85. The van der Waals surface area contributed by atoms with Crippen LogP contribution in [-0.2, 0) is 14.8 Å². The van der Waals surface area contributed by atoms with Crippen molar-refractivity contribution in [2.24, 2.45) is 0 Å². The number of benzene rings is 1. The quantitative estimate of drug-likeness (QED) is 0.483. The van der Waals surface area contributed by atoms with Crippen LogP contribution in [0.2, 0.25) is 0 Å². The number of amides is 1. The summed E-state index contributed by atoms with van der Waals surface area (Å²) in [6.07, 6.45) is 7.91. The molecule has 0 spiro atoms. The fourth-order valence-electron chi connectivity index (χ4n) is 3.31. The molecule has 1 atom stereocenters. The SMILES string of the molecule is O=C(C[C@H](NS(=O)(=O)c1ccc(Br)cc1)c1cccs1)NCCC1=CCCCC1. The Morgan fingerprint density at radius 3 is 2.62 bits per heavy atom. The first-order chi connectivity index (χ1) is 13.9. The second kappa shape index (κ2) is 10.5. The molecular weight excluding hydrogens is 472 g/mol. The lowest BCUT2D eigenvalue weighted by Crippen LogP contribution is -2.34. The summed E-state index contributed by atoms with van der Waals surface area (Å²) >= 11 is 4.74. The molecule has 0 bridgehead atoms. The van der Waals surface area contributed by atoms with E-state index >= 15 is 0 Å². The Kier molecular flexibility index (Phi) is 8.06. The predicted octanol–water partition coefficient (Wildman–Crippen LogP) is 4.93. The van der Waals surface area contributed by atoms with Gasteiger partial charge in [-0.25, -0.2) is 13.1 Å². The first-order valence-corrected chi connectivity index (χ1v) is 12.9. The number of rotatable bonds is 9. The number of allylic oxidation sites excluding steroid dienone is 1. The van der Waals surface area contributed by atoms with Gasteiger partial charge in [0.15, 0.2) is 0 Å². The second-order valence-electron chi connectivity index (χ2n) is 7.06. The fraction of sp³-hybridized carbons (Fsp3) is 0.381. The topological polar surface area (TPSA) is 75.3 Å². The van der Waals surface area contributed by atoms with Gasteiger partial charge in [-0.15, -0.1) is 11.3 Å². The summed E-state index contributed by atoms with van der Waals surface area (Å²) in [4.78, 5) is 13.5. The van der Waals surface area contributed by atoms with Crippen LogP contribution >= 0.6 is 27.3 Å². The Labute approximate surface area is 184 Å². The lowest BCUT2D eigenvalue weighted by atomic mass is 9.97. The molecule has 1 aromatic carbocycles. The molecule has 0 aliphatic heterocycles. The molecule has 8 heteroatoms. The molecule has 2 N–H and O–H groups in total. The molecule has 0 saturated heterocycles. The number of hydrogen-bond acceptors (Lipinski definition) is 4. The van der Waals surface area contributed by atoms with Gasteiger partial charge in [-0.1, -0.05) is 33.6 Å². The zero-order chi connectivity index (χ0) is 20.7. The highest BCUT2D eigenvalue weighted by Crippen LogP contribution is 2.25. The first-order valence-electron chi connectivity index (χ1n) is 9.70. The van der Waals surface area contributed by atoms with Crippen molar-refractivity contribution in [3.8, 4) is 0 Å². The first kappa shape index (κ1) is 22.2. The zero-order valence-electron chi connectivity index (χ0n) is 16.1. The number of thiophene rings is 1. The number of sulfonamides is 1. The van der Waals surface area contributed by atoms with Gasteiger partial charge < -0.3 is 5.32 Å². The van der Waals surface area contributed by atoms with E-state index in [1.165, 1.54) is 41.9 Å². The maximum atomic E-state index is 12.8. The third kappa shape index (κ3) is 6.77. The summed E-state index contributed by atoms with van der Waals surface area (Å²) in [7, 11) is -3.74. The molecule has 2 aromatic rings. The highest BCUT2D eigenvalue weighted by Gasteiger charge is 2.24. The number of carbonyl (C=O) groups is 1. The summed E-state index contributed by atoms with van der Waals surface area (Å²) in [5.41, 5.74) is 1.40. The zero-order valence-corrected chi connectivity index (χ0v) is 19.3. The van der Waals surface area contributed by atoms with Gasteiger partial charge in [-0.3, -0.25) is 4.79 Å². The largest absolute Gasteiger partial charge is 0.356 e. The smallest absolute Gasteiger partial charge is 0.241 e. The van der Waals surface area contributed by atoms with Crippen LogP contribution in [0.1, 0.15) is 49.4 Å². The maximum absolute atomic E-state index is 12.8. The van der Waals surface area contributed by atoms with Gasteiger partial charge in [0.25, 0.3) is 0 Å². The Balaban J connectivity index is 1.62. The molecule has 0 saturated carbocycles. The van der Waals surface area contributed by atoms with E-state index in [0.29, 0.717) is 6.54 Å². The number of halogens is 1. The predicted molar refractivity (Wildman–Crippen MR) is 120 cm³/mol. The van der Waals surface area contributed by atoms with Crippen molar-refractivity contribution in [1.29, 1.82) is 0 Å². The molecule has 1 aliphatic rings. The molecule has 0 unspecified atom stereocenters. The Bertz CT molecular complexity index is 939. The molecule has 156 valence electrons. The standard InChI is InChI=1S/C21H25BrN2O3S2/c22-17-8-10-18(11-9-17)29(26,27)24-19(20-7-4-14-28-20)15-21(25)23-13-12-16-5-2-1-3-6-16/h4-5,7-11,14,19,24H,1-3,6,12-13,15H2,(H,23,25)/t19-/m0/s1. The van der Waals surface area contributed by atoms with Gasteiger partial charge in [-0.05, 0) is 67.8 Å². The third-order valence-electron chi connectivity index (χ3n) is 4.85. The molecule has 3 rings (SSSR count). The highest BCUT2D eigenvalue weighted by molar-refractivity contribution is 9.10. The molecule has 0 radical (unpaired) electrons. The van der Waals surface area contributed by atoms with Crippen LogP contribution in [0.15, 0.2) is 62.8 Å². The van der Waals surface area contributed by atoms with E-state index in [-0.39, 0.29) is 17.2 Å². The normalized spacial score (nSPS) is 15.6. The lowest BCUT2D eigenvalue weighted by molar-refractivity contribution is -0.121. The van der Waals surface area contributed by atoms with Crippen molar-refractivity contribution < 1.29 is 13.2 Å². The molecule has 1 amide bonds. The fourth-order valence-corrected chi connectivity index (χ4v) is 5.64. The number of nitrogens with one attached hydrogen (secondary N) is 2. The molecule has 5 nitrogen and oxygen atoms in total. The Morgan fingerprint density at radius 2 is 1.97 bits per heavy atom. The molecule has 0 fully saturated rings. The van der Waals surface area contributed by atoms with Crippen molar-refractivity contribution in [2.45, 2.75) is 49.5 Å². The summed E-state index contributed by atoms with van der Waals surface area (Å²) in [5, 5.41) is 4.82. The lowest BCUT2D eigenvalue weighted by Gasteiger charge is -2.18. The van der Waals surface area contributed by atoms with E-state index in [1.54, 1.807) is 12.1 Å². The van der Waals surface area contributed by atoms with E-state index in [1.807, 2.05) is 17.5 Å². The molecule has 1 aromatic heterocycles. The van der Waals surface area contributed by atoms with Gasteiger partial charge in [0, 0.05) is 22.3 Å². The van der Waals surface area contributed by atoms with Gasteiger partial charge in [-0.2, -0.15) is 0 Å². The summed E-state index contributed by atoms with van der Waals surface area (Å²) in [6.45, 7) is 0.585. The van der Waals surface area contributed by atoms with E-state index in [9.17, 15) is 13.2 Å². The second-order valence-corrected chi connectivity index (χ2v) is 10.7. The van der Waals surface area contributed by atoms with Gasteiger partial charge >= 0.3 is 0 Å². The van der Waals surface area contributed by atoms with E-state index in [2.05, 4.69) is 32.0 Å². The summed E-state index contributed by atoms with van der Waals surface area (Å²) < 4.78 is 29.1. The van der Waals surface area contributed by atoms with Gasteiger partial charge in [0.1, 0.15) is 0 Å². The van der Waals surface area contributed by atoms with Crippen molar-refractivity contribution in [2.75, 3.05) is 6.54 Å². The van der Waals surface area contributed by atoms with Crippen LogP contribution < -0.4 is 10.0 Å². The minimum atomic E-state index is -3.74. The highest BCUT2D eigenvalue weighted by atomic mass is 79.9. The van der Waals surface area contributed by atoms with Crippen LogP contribution in [0.5, 0.6) is 0 Å². The number of carbonyl (C=O) groups excluding carboxylic acids is 1. The van der Waals surface area contributed by atoms with Crippen molar-refractivity contribution in [3.05, 3.63) is 62.8 Å². The van der Waals surface area contributed by atoms with Crippen LogP contribution in [0, 0.1) is 0 Å². The van der Waals surface area contributed by atoms with E-state index in [4.69, 9.17) is 0 Å². The minimum absolute atomic E-state index is 0.0648. The minimum Gasteiger partial charge on any atom is -0.356 e. The maximum Gasteiger partial charge on any atom is 0.241 e. The van der Waals surface area contributed by atoms with E-state index in [0.717, 1.165) is 28.6 Å². The molecular formula is C21H25BrN2O3S2. The van der Waals surface area contributed by atoms with Crippen LogP contribution in [-0.4, -0.2) is 20.9 Å². The molecule has 1 heterocycles. The van der Waals surface area contributed by atoms with E-state index < -0.39 is 16.1 Å². The monoisotopic (exact) mass is 496 g/mol. The van der Waals surface area contributed by atoms with Crippen LogP contribution in [0.3, 0.4) is 0 Å². The average molecular weight is 497 g/mol. The van der Waals surface area contributed by atoms with Crippen LogP contribution in [0.4, 0.5) is 0 Å². The Morgan fingerprint density at radius 1 is 1.17 bits per heavy atom. The van der Waals surface area contributed by atoms with Crippen LogP contribution in [0.25, 0.3) is 0 Å². The average Bonchev–Trinajstić information content (AvgIpc) is 3.23. The molecule has 29 heavy (non-hydrogen) atoms. The van der Waals surface area contributed by atoms with Gasteiger partial charge in [0.05, 0.1) is 10.9 Å². The summed E-state index contributed by atoms with van der Waals surface area (Å²) in [5.74, 6) is -0.154. The van der Waals surface area contributed by atoms with Crippen molar-refractivity contribution >= 4 is 43.2 Å². The molecule has 1 aliphatic carbocycles. The Hall–Kier alpha value is -1.48.